The van der Waals surface area contributed by atoms with E-state index < -0.39 is 0 Å². The van der Waals surface area contributed by atoms with Crippen molar-refractivity contribution in [2.24, 2.45) is 0 Å². The highest BCUT2D eigenvalue weighted by atomic mass is 15.0. The SMILES string of the molecule is CB1C=C(c2ccccc2)c2ccccc2N1C. The number of hydrogen-bond donors (Lipinski definition) is 0. The van der Waals surface area contributed by atoms with Crippen LogP contribution in [0.3, 0.4) is 0 Å². The zero-order chi connectivity index (χ0) is 12.5. The van der Waals surface area contributed by atoms with Crippen LogP contribution in [0.4, 0.5) is 5.69 Å². The monoisotopic (exact) mass is 233 g/mol. The van der Waals surface area contributed by atoms with Gasteiger partial charge in [-0.2, -0.15) is 0 Å². The van der Waals surface area contributed by atoms with Gasteiger partial charge in [-0.3, -0.25) is 0 Å². The minimum Gasteiger partial charge on any atom is -0.413 e. The Labute approximate surface area is 109 Å². The molecule has 0 fully saturated rings. The van der Waals surface area contributed by atoms with E-state index in [1.807, 2.05) is 0 Å². The third kappa shape index (κ3) is 1.74. The molecule has 0 bridgehead atoms. The molecule has 1 nitrogen and oxygen atoms in total. The number of para-hydroxylation sites is 1. The second kappa shape index (κ2) is 4.38. The van der Waals surface area contributed by atoms with E-state index in [1.165, 1.54) is 22.4 Å². The molecule has 3 rings (SSSR count). The first kappa shape index (κ1) is 11.2. The van der Waals surface area contributed by atoms with Crippen molar-refractivity contribution in [1.82, 2.24) is 0 Å². The Hall–Kier alpha value is -1.96. The molecule has 0 saturated heterocycles. The molecular formula is C16H16BN. The van der Waals surface area contributed by atoms with Crippen LogP contribution in [-0.4, -0.2) is 13.9 Å². The molecule has 0 unspecified atom stereocenters. The van der Waals surface area contributed by atoms with Crippen molar-refractivity contribution in [3.63, 3.8) is 0 Å². The van der Waals surface area contributed by atoms with E-state index in [0.717, 1.165) is 0 Å². The highest BCUT2D eigenvalue weighted by Gasteiger charge is 2.23. The average molecular weight is 233 g/mol. The number of anilines is 1. The van der Waals surface area contributed by atoms with Crippen molar-refractivity contribution < 1.29 is 0 Å². The number of fused-ring (bicyclic) bond motifs is 1. The molecule has 2 aromatic rings. The summed E-state index contributed by atoms with van der Waals surface area (Å²) in [5.41, 5.74) is 5.28. The summed E-state index contributed by atoms with van der Waals surface area (Å²) in [5, 5.41) is 0. The van der Waals surface area contributed by atoms with Crippen LogP contribution in [0.1, 0.15) is 11.1 Å². The van der Waals surface area contributed by atoms with Gasteiger partial charge in [-0.15, -0.1) is 0 Å². The average Bonchev–Trinajstić information content (AvgIpc) is 2.44. The lowest BCUT2D eigenvalue weighted by atomic mass is 9.58. The van der Waals surface area contributed by atoms with Crippen molar-refractivity contribution in [1.29, 1.82) is 0 Å². The van der Waals surface area contributed by atoms with Crippen LogP contribution in [0.5, 0.6) is 0 Å². The van der Waals surface area contributed by atoms with Crippen molar-refractivity contribution in [3.05, 3.63) is 71.7 Å². The molecule has 1 aliphatic heterocycles. The van der Waals surface area contributed by atoms with Gasteiger partial charge in [0.1, 0.15) is 0 Å². The predicted molar refractivity (Wildman–Crippen MR) is 80.0 cm³/mol. The predicted octanol–water partition coefficient (Wildman–Crippen LogP) is 3.73. The Morgan fingerprint density at radius 2 is 1.56 bits per heavy atom. The third-order valence-electron chi connectivity index (χ3n) is 3.68. The fraction of sp³-hybridized carbons (Fsp3) is 0.125. The second-order valence-corrected chi connectivity index (χ2v) is 4.82. The quantitative estimate of drug-likeness (QED) is 0.678. The van der Waals surface area contributed by atoms with Crippen LogP contribution >= 0.6 is 0 Å². The van der Waals surface area contributed by atoms with Crippen molar-refractivity contribution in [3.8, 4) is 0 Å². The standard InChI is InChI=1S/C16H16BN/c1-17-12-15(13-8-4-3-5-9-13)14-10-6-7-11-16(14)18(17)2/h3-12H,1-2H3. The summed E-state index contributed by atoms with van der Waals surface area (Å²) < 4.78 is 0. The van der Waals surface area contributed by atoms with Crippen LogP contribution in [0, 0.1) is 0 Å². The fourth-order valence-corrected chi connectivity index (χ4v) is 2.54. The van der Waals surface area contributed by atoms with E-state index in [-0.39, 0.29) is 0 Å². The van der Waals surface area contributed by atoms with Gasteiger partial charge in [0.2, 0.25) is 0 Å². The van der Waals surface area contributed by atoms with Crippen LogP contribution in [-0.2, 0) is 0 Å². The number of rotatable bonds is 1. The fourth-order valence-electron chi connectivity index (χ4n) is 2.54. The van der Waals surface area contributed by atoms with E-state index in [2.05, 4.69) is 79.3 Å². The van der Waals surface area contributed by atoms with Gasteiger partial charge in [0.05, 0.1) is 0 Å². The molecule has 0 radical (unpaired) electrons. The Morgan fingerprint density at radius 1 is 0.889 bits per heavy atom. The molecular weight excluding hydrogens is 217 g/mol. The third-order valence-corrected chi connectivity index (χ3v) is 3.68. The Kier molecular flexibility index (Phi) is 2.71. The van der Waals surface area contributed by atoms with Gasteiger partial charge in [-0.05, 0) is 24.3 Å². The summed E-state index contributed by atoms with van der Waals surface area (Å²) >= 11 is 0. The van der Waals surface area contributed by atoms with E-state index in [0.29, 0.717) is 6.85 Å². The van der Waals surface area contributed by atoms with Gasteiger partial charge < -0.3 is 4.81 Å². The molecule has 0 saturated carbocycles. The van der Waals surface area contributed by atoms with Gasteiger partial charge in [-0.25, -0.2) is 0 Å². The van der Waals surface area contributed by atoms with Crippen LogP contribution in [0.2, 0.25) is 6.82 Å². The highest BCUT2D eigenvalue weighted by molar-refractivity contribution is 6.69. The first-order chi connectivity index (χ1) is 8.77. The summed E-state index contributed by atoms with van der Waals surface area (Å²) in [5.74, 6) is 2.34. The molecule has 2 aromatic carbocycles. The van der Waals surface area contributed by atoms with E-state index >= 15 is 0 Å². The van der Waals surface area contributed by atoms with E-state index in [4.69, 9.17) is 0 Å². The van der Waals surface area contributed by atoms with Crippen molar-refractivity contribution >= 4 is 18.1 Å². The van der Waals surface area contributed by atoms with Crippen LogP contribution < -0.4 is 4.81 Å². The zero-order valence-corrected chi connectivity index (χ0v) is 10.8. The lowest BCUT2D eigenvalue weighted by Crippen LogP contribution is -2.35. The Morgan fingerprint density at radius 3 is 2.33 bits per heavy atom. The number of hydrogen-bond acceptors (Lipinski definition) is 1. The molecule has 1 aliphatic rings. The maximum absolute atomic E-state index is 2.34. The molecule has 0 atom stereocenters. The van der Waals surface area contributed by atoms with Crippen LogP contribution in [0.25, 0.3) is 5.57 Å². The smallest absolute Gasteiger partial charge is 0.278 e. The summed E-state index contributed by atoms with van der Waals surface area (Å²) in [4.78, 5) is 2.32. The minimum absolute atomic E-state index is 0.426. The summed E-state index contributed by atoms with van der Waals surface area (Å²) in [6, 6.07) is 19.2. The largest absolute Gasteiger partial charge is 0.413 e. The highest BCUT2D eigenvalue weighted by Crippen LogP contribution is 2.35. The summed E-state index contributed by atoms with van der Waals surface area (Å²) in [6.07, 6.45) is 0. The van der Waals surface area contributed by atoms with E-state index in [9.17, 15) is 0 Å². The topological polar surface area (TPSA) is 3.24 Å². The van der Waals surface area contributed by atoms with Gasteiger partial charge in [0.15, 0.2) is 0 Å². The number of nitrogens with zero attached hydrogens (tertiary/aromatic N) is 1. The Bertz CT molecular complexity index is 589. The molecule has 0 amide bonds. The van der Waals surface area contributed by atoms with Gasteiger partial charge >= 0.3 is 0 Å². The van der Waals surface area contributed by atoms with Gasteiger partial charge in [0.25, 0.3) is 6.85 Å². The summed E-state index contributed by atoms with van der Waals surface area (Å²) in [6.45, 7) is 2.66. The molecule has 0 aromatic heterocycles. The molecule has 18 heavy (non-hydrogen) atoms. The normalized spacial score (nSPS) is 14.2. The molecule has 0 N–H and O–H groups in total. The number of benzene rings is 2. The van der Waals surface area contributed by atoms with E-state index in [1.54, 1.807) is 0 Å². The molecule has 1 heterocycles. The maximum atomic E-state index is 2.34. The molecule has 0 spiro atoms. The first-order valence-corrected chi connectivity index (χ1v) is 6.37. The Balaban J connectivity index is 2.18. The van der Waals surface area contributed by atoms with Crippen molar-refractivity contribution in [2.45, 2.75) is 6.82 Å². The van der Waals surface area contributed by atoms with Crippen LogP contribution in [0.15, 0.2) is 60.6 Å². The second-order valence-electron chi connectivity index (χ2n) is 4.82. The first-order valence-electron chi connectivity index (χ1n) is 6.37. The summed E-state index contributed by atoms with van der Waals surface area (Å²) in [7, 11) is 2.15. The van der Waals surface area contributed by atoms with Gasteiger partial charge in [0, 0.05) is 11.3 Å². The van der Waals surface area contributed by atoms with Gasteiger partial charge in [-0.1, -0.05) is 61.3 Å². The maximum Gasteiger partial charge on any atom is 0.278 e. The van der Waals surface area contributed by atoms with Crippen molar-refractivity contribution in [2.75, 3.05) is 11.9 Å². The minimum atomic E-state index is 0.426. The molecule has 0 aliphatic carbocycles. The molecule has 88 valence electrons. The lowest BCUT2D eigenvalue weighted by Gasteiger charge is -2.31. The zero-order valence-electron chi connectivity index (χ0n) is 10.8. The lowest BCUT2D eigenvalue weighted by molar-refractivity contribution is 1.27. The molecule has 2 heteroatoms.